The number of piperidine rings is 1. The van der Waals surface area contributed by atoms with E-state index < -0.39 is 5.60 Å². The number of aromatic amines is 1. The number of methoxy groups -OCH3 is 1. The Morgan fingerprint density at radius 2 is 1.52 bits per heavy atom. The Hall–Kier alpha value is -3.57. The van der Waals surface area contributed by atoms with Gasteiger partial charge in [0.15, 0.2) is 6.29 Å². The molecule has 2 N–H and O–H groups in total. The molecule has 0 atom stereocenters. The van der Waals surface area contributed by atoms with Gasteiger partial charge in [0, 0.05) is 111 Å². The number of hydrogen-bond donors (Lipinski definition) is 2. The minimum atomic E-state index is -0.407. The number of H-pyrrole nitrogens is 1. The van der Waals surface area contributed by atoms with E-state index in [0.717, 1.165) is 112 Å². The lowest BCUT2D eigenvalue weighted by Gasteiger charge is -2.39. The Bertz CT molecular complexity index is 1720. The number of pyridine rings is 3. The summed E-state index contributed by atoms with van der Waals surface area (Å²) >= 11 is 4.64. The van der Waals surface area contributed by atoms with Crippen molar-refractivity contribution in [1.82, 2.24) is 39.9 Å². The molecule has 3 saturated heterocycles. The number of halogens is 1. The zero-order valence-corrected chi connectivity index (χ0v) is 42.2. The van der Waals surface area contributed by atoms with Gasteiger partial charge in [-0.1, -0.05) is 26.8 Å². The summed E-state index contributed by atoms with van der Waals surface area (Å²) < 4.78 is 9.71. The van der Waals surface area contributed by atoms with E-state index in [2.05, 4.69) is 62.8 Å². The Labute approximate surface area is 391 Å². The molecule has 3 aliphatic heterocycles. The van der Waals surface area contributed by atoms with E-state index in [0.29, 0.717) is 12.1 Å². The summed E-state index contributed by atoms with van der Waals surface area (Å²) in [4.78, 5) is 58.1. The molecular formula is C47H82ClN9O5S. The highest BCUT2D eigenvalue weighted by Gasteiger charge is 2.28. The van der Waals surface area contributed by atoms with Gasteiger partial charge in [-0.25, -0.2) is 4.79 Å². The number of carbonyl (C=O) groups is 2. The fourth-order valence-electron chi connectivity index (χ4n) is 7.06. The predicted octanol–water partition coefficient (Wildman–Crippen LogP) is 6.93. The molecule has 16 heteroatoms. The van der Waals surface area contributed by atoms with E-state index in [9.17, 15) is 14.4 Å². The van der Waals surface area contributed by atoms with Crippen LogP contribution in [0, 0.1) is 5.92 Å². The molecule has 0 unspecified atom stereocenters. The van der Waals surface area contributed by atoms with Crippen LogP contribution in [0.15, 0.2) is 54.1 Å². The molecule has 3 aromatic rings. The topological polar surface area (TPSA) is 139 Å². The molecule has 0 aromatic carbocycles. The molecule has 63 heavy (non-hydrogen) atoms. The summed E-state index contributed by atoms with van der Waals surface area (Å²) in [6, 6.07) is 7.60. The minimum absolute atomic E-state index is 0. The number of nitrogens with zero attached hydrogens (tertiary/aromatic N) is 7. The molecule has 6 rings (SSSR count). The van der Waals surface area contributed by atoms with Crippen molar-refractivity contribution in [3.05, 3.63) is 76.5 Å². The molecule has 0 saturated carbocycles. The SMILES string of the molecule is C=CC.CC.CCc1cc2ncc(CN3CCN(c4ccc(C=O)nc4)CC3)cc2[nH]c1=O.CCl.CNCCN1CCC(CN2CCN(C(=O)OC(C)(C)C)CC2)CC1.COC.S. The highest BCUT2D eigenvalue weighted by Crippen LogP contribution is 2.21. The van der Waals surface area contributed by atoms with Crippen LogP contribution in [0.25, 0.3) is 11.0 Å². The number of aromatic nitrogens is 3. The Balaban J connectivity index is 0.00000101. The highest BCUT2D eigenvalue weighted by atomic mass is 35.5. The maximum Gasteiger partial charge on any atom is 0.410 e. The molecule has 6 heterocycles. The van der Waals surface area contributed by atoms with Gasteiger partial charge in [-0.15, -0.1) is 18.2 Å². The number of aryl methyl sites for hydroxylation is 1. The zero-order chi connectivity index (χ0) is 46.5. The van der Waals surface area contributed by atoms with Crippen LogP contribution in [0.4, 0.5) is 10.5 Å². The number of aldehydes is 1. The smallest absolute Gasteiger partial charge is 0.410 e. The third-order valence-electron chi connectivity index (χ3n) is 10.2. The molecule has 0 bridgehead atoms. The number of carbonyl (C=O) groups excluding carboxylic acids is 2. The number of ether oxygens (including phenoxy) is 2. The molecule has 3 fully saturated rings. The van der Waals surface area contributed by atoms with Gasteiger partial charge in [0.1, 0.15) is 11.3 Å². The van der Waals surface area contributed by atoms with Crippen LogP contribution in [-0.2, 0) is 22.4 Å². The first-order valence-corrected chi connectivity index (χ1v) is 22.9. The van der Waals surface area contributed by atoms with Crippen molar-refractivity contribution in [3.63, 3.8) is 0 Å². The zero-order valence-electron chi connectivity index (χ0n) is 40.5. The summed E-state index contributed by atoms with van der Waals surface area (Å²) in [5.41, 5.74) is 4.54. The highest BCUT2D eigenvalue weighted by molar-refractivity contribution is 7.59. The Morgan fingerprint density at radius 3 is 2.03 bits per heavy atom. The summed E-state index contributed by atoms with van der Waals surface area (Å²) in [6.45, 7) is 30.8. The molecule has 3 aromatic heterocycles. The summed E-state index contributed by atoms with van der Waals surface area (Å²) in [5.74, 6) is 0.809. The third-order valence-corrected chi connectivity index (χ3v) is 10.2. The molecule has 14 nitrogen and oxygen atoms in total. The minimum Gasteiger partial charge on any atom is -0.444 e. The van der Waals surface area contributed by atoms with Crippen LogP contribution in [0.5, 0.6) is 0 Å². The van der Waals surface area contributed by atoms with Gasteiger partial charge >= 0.3 is 6.09 Å². The summed E-state index contributed by atoms with van der Waals surface area (Å²) in [7, 11) is 5.27. The van der Waals surface area contributed by atoms with Crippen molar-refractivity contribution in [1.29, 1.82) is 0 Å². The number of rotatable bonds is 10. The van der Waals surface area contributed by atoms with Gasteiger partial charge in [-0.3, -0.25) is 29.4 Å². The van der Waals surface area contributed by atoms with Crippen molar-refractivity contribution in [2.75, 3.05) is 118 Å². The van der Waals surface area contributed by atoms with Gasteiger partial charge in [0.25, 0.3) is 5.56 Å². The second kappa shape index (κ2) is 33.9. The number of allylic oxidation sites excluding steroid dienone is 1. The van der Waals surface area contributed by atoms with Crippen molar-refractivity contribution in [2.24, 2.45) is 5.92 Å². The number of likely N-dealkylation sites (tertiary alicyclic amines) is 1. The molecule has 0 radical (unpaired) electrons. The molecule has 1 amide bonds. The van der Waals surface area contributed by atoms with Crippen LogP contribution in [0.1, 0.15) is 82.9 Å². The predicted molar refractivity (Wildman–Crippen MR) is 269 cm³/mol. The monoisotopic (exact) mass is 920 g/mol. The van der Waals surface area contributed by atoms with E-state index in [1.807, 2.05) is 84.8 Å². The van der Waals surface area contributed by atoms with E-state index in [1.165, 1.54) is 38.9 Å². The number of anilines is 1. The van der Waals surface area contributed by atoms with Crippen LogP contribution in [0.3, 0.4) is 0 Å². The maximum absolute atomic E-state index is 12.1. The first-order valence-electron chi connectivity index (χ1n) is 22.2. The van der Waals surface area contributed by atoms with E-state index in [4.69, 9.17) is 4.74 Å². The number of nitrogens with one attached hydrogen (secondary N) is 2. The summed E-state index contributed by atoms with van der Waals surface area (Å²) in [6.07, 6.45) is 10.8. The van der Waals surface area contributed by atoms with Gasteiger partial charge < -0.3 is 34.5 Å². The molecule has 3 aliphatic rings. The average molecular weight is 921 g/mol. The largest absolute Gasteiger partial charge is 0.444 e. The van der Waals surface area contributed by atoms with Crippen LogP contribution >= 0.6 is 25.1 Å². The quantitative estimate of drug-likeness (QED) is 0.124. The van der Waals surface area contributed by atoms with E-state index in [-0.39, 0.29) is 25.1 Å². The number of piperazine rings is 2. The lowest BCUT2D eigenvalue weighted by Crippen LogP contribution is -2.51. The average Bonchev–Trinajstić information content (AvgIpc) is 3.28. The van der Waals surface area contributed by atoms with Gasteiger partial charge in [0.2, 0.25) is 0 Å². The Morgan fingerprint density at radius 1 is 0.937 bits per heavy atom. The molecule has 0 aliphatic carbocycles. The van der Waals surface area contributed by atoms with E-state index >= 15 is 0 Å². The fourth-order valence-corrected chi connectivity index (χ4v) is 7.06. The van der Waals surface area contributed by atoms with Crippen molar-refractivity contribution < 1.29 is 19.1 Å². The lowest BCUT2D eigenvalue weighted by atomic mass is 9.96. The second-order valence-corrected chi connectivity index (χ2v) is 16.0. The molecule has 0 spiro atoms. The normalized spacial score (nSPS) is 15.7. The number of alkyl halides is 1. The molecule has 358 valence electrons. The summed E-state index contributed by atoms with van der Waals surface area (Å²) in [5, 5.41) is 3.23. The Kier molecular flexibility index (Phi) is 32.0. The fraction of sp³-hybridized carbons (Fsp3) is 0.638. The second-order valence-electron chi connectivity index (χ2n) is 16.0. The van der Waals surface area contributed by atoms with Crippen molar-refractivity contribution in [2.45, 2.75) is 79.9 Å². The van der Waals surface area contributed by atoms with Crippen LogP contribution in [0.2, 0.25) is 0 Å². The van der Waals surface area contributed by atoms with E-state index in [1.54, 1.807) is 32.6 Å². The van der Waals surface area contributed by atoms with Crippen molar-refractivity contribution in [3.8, 4) is 0 Å². The number of hydrogen-bond acceptors (Lipinski definition) is 12. The lowest BCUT2D eigenvalue weighted by molar-refractivity contribution is 0.0122. The standard InChI is InChI=1S/C21H23N5O2.C18H36N4O2.C3H6.C2H6O.C2H6.CH3Cl.H2S/c1-2-16-10-19-20(24-21(16)28)9-15(11-23-19)13-25-5-7-26(8-6-25)18-4-3-17(14-27)22-12-18;1-18(2,3)24-17(23)22-13-11-21(12-14-22)15-16-5-8-20(9-6-16)10-7-19-4;2*1-3-2;2*1-2;/h3-4,9-12,14H,2,5-8,13H2,1H3,(H,24,28);16,19H,5-15H2,1-4H3;3H,1H2,2H3;1-2H3;1-2H3;1H3;1H2. The van der Waals surface area contributed by atoms with Crippen molar-refractivity contribution >= 4 is 54.2 Å². The number of likely N-dealkylation sites (N-methyl/N-ethyl adjacent to an activating group) is 1. The first-order chi connectivity index (χ1) is 29.9. The number of fused-ring (bicyclic) bond motifs is 1. The maximum atomic E-state index is 12.1. The van der Waals surface area contributed by atoms with Gasteiger partial charge in [-0.05, 0) is 103 Å². The molecular weight excluding hydrogens is 838 g/mol. The van der Waals surface area contributed by atoms with Gasteiger partial charge in [0.05, 0.1) is 22.9 Å². The number of amides is 1. The van der Waals surface area contributed by atoms with Gasteiger partial charge in [-0.2, -0.15) is 13.5 Å². The first kappa shape index (κ1) is 59.4. The third kappa shape index (κ3) is 22.8. The van der Waals surface area contributed by atoms with Crippen LogP contribution < -0.4 is 15.8 Å². The van der Waals surface area contributed by atoms with Crippen LogP contribution in [-0.4, -0.2) is 165 Å².